The maximum absolute atomic E-state index is 12.8. The first-order valence-corrected chi connectivity index (χ1v) is 8.71. The second-order valence-electron chi connectivity index (χ2n) is 4.53. The Bertz CT molecular complexity index is 620. The maximum Gasteiger partial charge on any atom is 0.170 e. The average Bonchev–Trinajstić information content (AvgIpc) is 2.51. The first kappa shape index (κ1) is 17.1. The summed E-state index contributed by atoms with van der Waals surface area (Å²) in [5.41, 5.74) is 1.91. The molecular formula is C16H16ClFN2S2. The van der Waals surface area contributed by atoms with Crippen LogP contribution in [0.15, 0.2) is 48.5 Å². The van der Waals surface area contributed by atoms with Gasteiger partial charge in [-0.15, -0.1) is 0 Å². The van der Waals surface area contributed by atoms with Gasteiger partial charge in [-0.1, -0.05) is 29.8 Å². The molecule has 0 saturated carbocycles. The molecule has 2 rings (SSSR count). The van der Waals surface area contributed by atoms with Gasteiger partial charge in [0.25, 0.3) is 0 Å². The van der Waals surface area contributed by atoms with E-state index in [1.807, 2.05) is 24.3 Å². The topological polar surface area (TPSA) is 24.1 Å². The van der Waals surface area contributed by atoms with E-state index in [-0.39, 0.29) is 5.82 Å². The standard InChI is InChI=1S/C16H16ClFN2S2/c17-15-4-2-1-3-12(15)11-22-10-9-19-16(21)20-14-7-5-13(18)6-8-14/h1-8H,9-11H2,(H2,19,20,21). The van der Waals surface area contributed by atoms with Gasteiger partial charge in [0.2, 0.25) is 0 Å². The van der Waals surface area contributed by atoms with Gasteiger partial charge in [0, 0.05) is 28.8 Å². The van der Waals surface area contributed by atoms with Crippen LogP contribution in [-0.4, -0.2) is 17.4 Å². The van der Waals surface area contributed by atoms with E-state index in [4.69, 9.17) is 23.8 Å². The van der Waals surface area contributed by atoms with Crippen LogP contribution in [0.2, 0.25) is 5.02 Å². The molecule has 6 heteroatoms. The number of halogens is 2. The highest BCUT2D eigenvalue weighted by atomic mass is 35.5. The van der Waals surface area contributed by atoms with Crippen LogP contribution < -0.4 is 10.6 Å². The molecule has 0 unspecified atom stereocenters. The van der Waals surface area contributed by atoms with E-state index in [9.17, 15) is 4.39 Å². The minimum absolute atomic E-state index is 0.264. The largest absolute Gasteiger partial charge is 0.362 e. The van der Waals surface area contributed by atoms with E-state index in [1.54, 1.807) is 23.9 Å². The van der Waals surface area contributed by atoms with Crippen molar-refractivity contribution in [2.45, 2.75) is 5.75 Å². The molecule has 0 saturated heterocycles. The Kier molecular flexibility index (Phi) is 6.96. The molecule has 2 N–H and O–H groups in total. The van der Waals surface area contributed by atoms with E-state index < -0.39 is 0 Å². The molecule has 0 aliphatic rings. The summed E-state index contributed by atoms with van der Waals surface area (Å²) in [6.45, 7) is 0.752. The number of hydrogen-bond acceptors (Lipinski definition) is 2. The van der Waals surface area contributed by atoms with E-state index in [1.165, 1.54) is 12.1 Å². The lowest BCUT2D eigenvalue weighted by Crippen LogP contribution is -2.30. The molecule has 0 bridgehead atoms. The summed E-state index contributed by atoms with van der Waals surface area (Å²) in [7, 11) is 0. The van der Waals surface area contributed by atoms with Gasteiger partial charge in [0.1, 0.15) is 5.82 Å². The quantitative estimate of drug-likeness (QED) is 0.580. The number of anilines is 1. The number of thiocarbonyl (C=S) groups is 1. The predicted octanol–water partition coefficient (Wildman–Crippen LogP) is 4.70. The average molecular weight is 355 g/mol. The first-order chi connectivity index (χ1) is 10.6. The Morgan fingerprint density at radius 2 is 1.86 bits per heavy atom. The van der Waals surface area contributed by atoms with Crippen LogP contribution in [0.5, 0.6) is 0 Å². The molecule has 0 heterocycles. The monoisotopic (exact) mass is 354 g/mol. The lowest BCUT2D eigenvalue weighted by molar-refractivity contribution is 0.628. The zero-order chi connectivity index (χ0) is 15.8. The molecule has 0 amide bonds. The van der Waals surface area contributed by atoms with Crippen molar-refractivity contribution in [1.29, 1.82) is 0 Å². The van der Waals surface area contributed by atoms with Crippen molar-refractivity contribution in [3.8, 4) is 0 Å². The Morgan fingerprint density at radius 3 is 2.59 bits per heavy atom. The van der Waals surface area contributed by atoms with Crippen LogP contribution in [0, 0.1) is 5.82 Å². The Balaban J connectivity index is 1.63. The third kappa shape index (κ3) is 5.83. The minimum atomic E-state index is -0.264. The smallest absolute Gasteiger partial charge is 0.170 e. The molecular weight excluding hydrogens is 339 g/mol. The zero-order valence-corrected chi connectivity index (χ0v) is 14.2. The van der Waals surface area contributed by atoms with Crippen LogP contribution in [0.4, 0.5) is 10.1 Å². The highest BCUT2D eigenvalue weighted by Gasteiger charge is 2.00. The molecule has 0 aromatic heterocycles. The van der Waals surface area contributed by atoms with Crippen LogP contribution in [0.1, 0.15) is 5.56 Å². The van der Waals surface area contributed by atoms with Crippen molar-refractivity contribution < 1.29 is 4.39 Å². The molecule has 0 spiro atoms. The molecule has 0 radical (unpaired) electrons. The molecule has 0 atom stereocenters. The Morgan fingerprint density at radius 1 is 1.14 bits per heavy atom. The van der Waals surface area contributed by atoms with Gasteiger partial charge in [-0.3, -0.25) is 0 Å². The highest BCUT2D eigenvalue weighted by Crippen LogP contribution is 2.20. The van der Waals surface area contributed by atoms with Crippen molar-refractivity contribution in [3.63, 3.8) is 0 Å². The summed E-state index contributed by atoms with van der Waals surface area (Å²) in [6, 6.07) is 13.9. The van der Waals surface area contributed by atoms with Crippen LogP contribution >= 0.6 is 35.6 Å². The van der Waals surface area contributed by atoms with E-state index in [0.29, 0.717) is 5.11 Å². The molecule has 2 nitrogen and oxygen atoms in total. The summed E-state index contributed by atoms with van der Waals surface area (Å²) in [5.74, 6) is 1.52. The lowest BCUT2D eigenvalue weighted by atomic mass is 10.2. The SMILES string of the molecule is Fc1ccc(NC(=S)NCCSCc2ccccc2Cl)cc1. The highest BCUT2D eigenvalue weighted by molar-refractivity contribution is 7.98. The lowest BCUT2D eigenvalue weighted by Gasteiger charge is -2.10. The normalized spacial score (nSPS) is 10.3. The Hall–Kier alpha value is -1.30. The maximum atomic E-state index is 12.8. The fourth-order valence-corrected chi connectivity index (χ4v) is 3.11. The Labute approximate surface area is 144 Å². The van der Waals surface area contributed by atoms with Crippen molar-refractivity contribution in [1.82, 2.24) is 5.32 Å². The van der Waals surface area contributed by atoms with Gasteiger partial charge < -0.3 is 10.6 Å². The molecule has 2 aromatic rings. The molecule has 22 heavy (non-hydrogen) atoms. The van der Waals surface area contributed by atoms with Crippen molar-refractivity contribution >= 4 is 46.4 Å². The van der Waals surface area contributed by atoms with E-state index in [2.05, 4.69) is 10.6 Å². The van der Waals surface area contributed by atoms with Gasteiger partial charge in [0.15, 0.2) is 5.11 Å². The third-order valence-electron chi connectivity index (χ3n) is 2.85. The molecule has 0 fully saturated rings. The summed E-state index contributed by atoms with van der Waals surface area (Å²) in [5, 5.41) is 7.46. The number of benzene rings is 2. The van der Waals surface area contributed by atoms with Crippen molar-refractivity contribution in [3.05, 3.63) is 64.9 Å². The van der Waals surface area contributed by atoms with Gasteiger partial charge in [0.05, 0.1) is 0 Å². The summed E-state index contributed by atoms with van der Waals surface area (Å²) in [6.07, 6.45) is 0. The number of hydrogen-bond donors (Lipinski definition) is 2. The van der Waals surface area contributed by atoms with Gasteiger partial charge in [-0.05, 0) is 48.1 Å². The number of nitrogens with one attached hydrogen (secondary N) is 2. The van der Waals surface area contributed by atoms with E-state index in [0.717, 1.165) is 34.3 Å². The summed E-state index contributed by atoms with van der Waals surface area (Å²) in [4.78, 5) is 0. The van der Waals surface area contributed by atoms with Crippen LogP contribution in [0.3, 0.4) is 0 Å². The molecule has 0 aliphatic heterocycles. The van der Waals surface area contributed by atoms with Gasteiger partial charge in [-0.25, -0.2) is 4.39 Å². The summed E-state index contributed by atoms with van der Waals surface area (Å²) >= 11 is 13.1. The van der Waals surface area contributed by atoms with Gasteiger partial charge >= 0.3 is 0 Å². The number of thioether (sulfide) groups is 1. The van der Waals surface area contributed by atoms with E-state index >= 15 is 0 Å². The van der Waals surface area contributed by atoms with Crippen molar-refractivity contribution in [2.75, 3.05) is 17.6 Å². The first-order valence-electron chi connectivity index (χ1n) is 6.77. The third-order valence-corrected chi connectivity index (χ3v) is 4.47. The van der Waals surface area contributed by atoms with Crippen LogP contribution in [-0.2, 0) is 5.75 Å². The molecule has 2 aromatic carbocycles. The van der Waals surface area contributed by atoms with Crippen molar-refractivity contribution in [2.24, 2.45) is 0 Å². The fourth-order valence-electron chi connectivity index (χ4n) is 1.74. The summed E-state index contributed by atoms with van der Waals surface area (Å²) < 4.78 is 12.8. The second-order valence-corrected chi connectivity index (χ2v) is 6.45. The van der Waals surface area contributed by atoms with Crippen LogP contribution in [0.25, 0.3) is 0 Å². The van der Waals surface area contributed by atoms with Gasteiger partial charge in [-0.2, -0.15) is 11.8 Å². The predicted molar refractivity (Wildman–Crippen MR) is 98.2 cm³/mol. The number of rotatable bonds is 6. The zero-order valence-electron chi connectivity index (χ0n) is 11.8. The fraction of sp³-hybridized carbons (Fsp3) is 0.188. The molecule has 0 aliphatic carbocycles. The second kappa shape index (κ2) is 8.98. The minimum Gasteiger partial charge on any atom is -0.362 e. The molecule has 116 valence electrons.